The zero-order valence-electron chi connectivity index (χ0n) is 15.0. The molecule has 8 heteroatoms. The summed E-state index contributed by atoms with van der Waals surface area (Å²) in [5.74, 6) is -0.297. The minimum Gasteiger partial charge on any atom is -0.321 e. The molecule has 3 rings (SSSR count). The Balaban J connectivity index is 1.75. The molecule has 0 aliphatic rings. The van der Waals surface area contributed by atoms with Crippen molar-refractivity contribution in [3.05, 3.63) is 75.0 Å². The van der Waals surface area contributed by atoms with Crippen molar-refractivity contribution in [3.8, 4) is 0 Å². The summed E-state index contributed by atoms with van der Waals surface area (Å²) >= 11 is 12.0. The van der Waals surface area contributed by atoms with E-state index in [1.165, 1.54) is 0 Å². The molecule has 0 atom stereocenters. The van der Waals surface area contributed by atoms with Gasteiger partial charge in [-0.1, -0.05) is 46.6 Å². The molecule has 1 amide bonds. The van der Waals surface area contributed by atoms with Gasteiger partial charge in [0.2, 0.25) is 0 Å². The topological polar surface area (TPSA) is 71.8 Å². The second kappa shape index (κ2) is 8.52. The Morgan fingerprint density at radius 3 is 2.67 bits per heavy atom. The van der Waals surface area contributed by atoms with Crippen molar-refractivity contribution in [2.24, 2.45) is 0 Å². The Morgan fingerprint density at radius 1 is 1.11 bits per heavy atom. The van der Waals surface area contributed by atoms with Crippen LogP contribution in [0.2, 0.25) is 10.0 Å². The van der Waals surface area contributed by atoms with Gasteiger partial charge in [-0.15, -0.1) is 5.10 Å². The highest BCUT2D eigenvalue weighted by Gasteiger charge is 2.17. The number of hydrogen-bond acceptors (Lipinski definition) is 4. The summed E-state index contributed by atoms with van der Waals surface area (Å²) in [5.41, 5.74) is 3.67. The molecule has 0 aliphatic heterocycles. The first-order valence-electron chi connectivity index (χ1n) is 8.37. The second-order valence-corrected chi connectivity index (χ2v) is 6.93. The van der Waals surface area contributed by atoms with Crippen LogP contribution in [0.5, 0.6) is 0 Å². The summed E-state index contributed by atoms with van der Waals surface area (Å²) in [6, 6.07) is 13.0. The zero-order chi connectivity index (χ0) is 19.4. The molecule has 140 valence electrons. The van der Waals surface area contributed by atoms with Crippen LogP contribution < -0.4 is 10.6 Å². The maximum atomic E-state index is 12.6. The standard InChI is InChI=1S/C19H19Cl2N5O/c1-12-18(19(27)23-15-5-3-4-13(8-15)10-22-2)24-25-26(12)11-14-6-7-16(20)17(21)9-14/h3-9,22H,10-11H2,1-2H3,(H,23,27). The number of benzene rings is 2. The maximum Gasteiger partial charge on any atom is 0.278 e. The number of rotatable bonds is 6. The van der Waals surface area contributed by atoms with Crippen molar-refractivity contribution >= 4 is 34.8 Å². The first kappa shape index (κ1) is 19.4. The van der Waals surface area contributed by atoms with Crippen molar-refractivity contribution in [1.82, 2.24) is 20.3 Å². The Labute approximate surface area is 167 Å². The van der Waals surface area contributed by atoms with E-state index < -0.39 is 0 Å². The van der Waals surface area contributed by atoms with E-state index in [1.807, 2.05) is 44.3 Å². The van der Waals surface area contributed by atoms with Crippen LogP contribution in [0.3, 0.4) is 0 Å². The second-order valence-electron chi connectivity index (χ2n) is 6.11. The van der Waals surface area contributed by atoms with Crippen LogP contribution in [0.1, 0.15) is 27.3 Å². The van der Waals surface area contributed by atoms with Crippen LogP contribution in [0, 0.1) is 6.92 Å². The van der Waals surface area contributed by atoms with E-state index in [1.54, 1.807) is 16.8 Å². The largest absolute Gasteiger partial charge is 0.321 e. The first-order chi connectivity index (χ1) is 13.0. The Morgan fingerprint density at radius 2 is 1.93 bits per heavy atom. The molecule has 2 aromatic carbocycles. The lowest BCUT2D eigenvalue weighted by Crippen LogP contribution is -2.15. The number of halogens is 2. The van der Waals surface area contributed by atoms with Gasteiger partial charge in [0.1, 0.15) is 0 Å². The van der Waals surface area contributed by atoms with Crippen LogP contribution in [0.4, 0.5) is 5.69 Å². The van der Waals surface area contributed by atoms with Gasteiger partial charge >= 0.3 is 0 Å². The number of amides is 1. The van der Waals surface area contributed by atoms with E-state index in [0.29, 0.717) is 28.0 Å². The summed E-state index contributed by atoms with van der Waals surface area (Å²) in [6.07, 6.45) is 0. The first-order valence-corrected chi connectivity index (χ1v) is 9.12. The van der Waals surface area contributed by atoms with Gasteiger partial charge < -0.3 is 10.6 Å². The predicted octanol–water partition coefficient (Wildman–Crippen LogP) is 3.91. The molecule has 0 spiro atoms. The third-order valence-electron chi connectivity index (χ3n) is 4.08. The van der Waals surface area contributed by atoms with Crippen LogP contribution in [0.15, 0.2) is 42.5 Å². The van der Waals surface area contributed by atoms with E-state index in [9.17, 15) is 4.79 Å². The highest BCUT2D eigenvalue weighted by molar-refractivity contribution is 6.42. The van der Waals surface area contributed by atoms with Gasteiger partial charge in [-0.05, 0) is 49.4 Å². The number of anilines is 1. The molecule has 27 heavy (non-hydrogen) atoms. The molecule has 6 nitrogen and oxygen atoms in total. The molecular formula is C19H19Cl2N5O. The molecule has 0 unspecified atom stereocenters. The number of carbonyl (C=O) groups excluding carboxylic acids is 1. The molecule has 2 N–H and O–H groups in total. The quantitative estimate of drug-likeness (QED) is 0.654. The van der Waals surface area contributed by atoms with Gasteiger partial charge in [0.05, 0.1) is 22.3 Å². The summed E-state index contributed by atoms with van der Waals surface area (Å²) < 4.78 is 1.66. The summed E-state index contributed by atoms with van der Waals surface area (Å²) in [5, 5.41) is 15.1. The summed E-state index contributed by atoms with van der Waals surface area (Å²) in [4.78, 5) is 12.6. The Kier molecular flexibility index (Phi) is 6.11. The lowest BCUT2D eigenvalue weighted by Gasteiger charge is -2.07. The number of nitrogens with one attached hydrogen (secondary N) is 2. The van der Waals surface area contributed by atoms with E-state index in [2.05, 4.69) is 20.9 Å². The van der Waals surface area contributed by atoms with Crippen molar-refractivity contribution in [1.29, 1.82) is 0 Å². The minimum absolute atomic E-state index is 0.286. The van der Waals surface area contributed by atoms with Gasteiger partial charge in [-0.25, -0.2) is 4.68 Å². The normalized spacial score (nSPS) is 10.8. The van der Waals surface area contributed by atoms with E-state index in [0.717, 1.165) is 17.7 Å². The van der Waals surface area contributed by atoms with Gasteiger partial charge in [0, 0.05) is 12.2 Å². The van der Waals surface area contributed by atoms with Crippen molar-refractivity contribution in [3.63, 3.8) is 0 Å². The summed E-state index contributed by atoms with van der Waals surface area (Å²) in [7, 11) is 1.88. The fourth-order valence-corrected chi connectivity index (χ4v) is 3.01. The van der Waals surface area contributed by atoms with Crippen LogP contribution in [-0.4, -0.2) is 27.9 Å². The van der Waals surface area contributed by atoms with Gasteiger partial charge in [-0.3, -0.25) is 4.79 Å². The predicted molar refractivity (Wildman–Crippen MR) is 107 cm³/mol. The monoisotopic (exact) mass is 403 g/mol. The van der Waals surface area contributed by atoms with Gasteiger partial charge in [-0.2, -0.15) is 0 Å². The molecule has 1 heterocycles. The minimum atomic E-state index is -0.297. The highest BCUT2D eigenvalue weighted by Crippen LogP contribution is 2.23. The molecule has 1 aromatic heterocycles. The van der Waals surface area contributed by atoms with E-state index in [-0.39, 0.29) is 11.6 Å². The summed E-state index contributed by atoms with van der Waals surface area (Å²) in [6.45, 7) is 2.98. The number of hydrogen-bond donors (Lipinski definition) is 2. The molecular weight excluding hydrogens is 385 g/mol. The molecule has 3 aromatic rings. The SMILES string of the molecule is CNCc1cccc(NC(=O)c2nnn(Cc3ccc(Cl)c(Cl)c3)c2C)c1. The van der Waals surface area contributed by atoms with Crippen LogP contribution in [0.25, 0.3) is 0 Å². The van der Waals surface area contributed by atoms with E-state index >= 15 is 0 Å². The molecule has 0 aliphatic carbocycles. The van der Waals surface area contributed by atoms with Crippen LogP contribution in [-0.2, 0) is 13.1 Å². The van der Waals surface area contributed by atoms with Gasteiger partial charge in [0.25, 0.3) is 5.91 Å². The average molecular weight is 404 g/mol. The Hall–Kier alpha value is -2.41. The number of nitrogens with zero attached hydrogens (tertiary/aromatic N) is 3. The maximum absolute atomic E-state index is 12.6. The van der Waals surface area contributed by atoms with Crippen molar-refractivity contribution in [2.45, 2.75) is 20.0 Å². The smallest absolute Gasteiger partial charge is 0.278 e. The van der Waals surface area contributed by atoms with E-state index in [4.69, 9.17) is 23.2 Å². The van der Waals surface area contributed by atoms with Gasteiger partial charge in [0.15, 0.2) is 5.69 Å². The fraction of sp³-hybridized carbons (Fsp3) is 0.211. The molecule has 0 saturated carbocycles. The zero-order valence-corrected chi connectivity index (χ0v) is 16.5. The van der Waals surface area contributed by atoms with Crippen molar-refractivity contribution in [2.75, 3.05) is 12.4 Å². The Bertz CT molecular complexity index is 970. The highest BCUT2D eigenvalue weighted by atomic mass is 35.5. The third kappa shape index (κ3) is 4.66. The molecule has 0 radical (unpaired) electrons. The average Bonchev–Trinajstić information content (AvgIpc) is 2.99. The lowest BCUT2D eigenvalue weighted by atomic mass is 10.2. The lowest BCUT2D eigenvalue weighted by molar-refractivity contribution is 0.102. The number of carbonyl (C=O) groups is 1. The number of aromatic nitrogens is 3. The third-order valence-corrected chi connectivity index (χ3v) is 4.82. The fourth-order valence-electron chi connectivity index (χ4n) is 2.68. The molecule has 0 bridgehead atoms. The molecule has 0 fully saturated rings. The molecule has 0 saturated heterocycles. The van der Waals surface area contributed by atoms with Crippen LogP contribution >= 0.6 is 23.2 Å². The van der Waals surface area contributed by atoms with Crippen molar-refractivity contribution < 1.29 is 4.79 Å².